The number of fused-ring (bicyclic) bond motifs is 8. The molecule has 10 atom stereocenters. The Bertz CT molecular complexity index is 720. The van der Waals surface area contributed by atoms with Crippen molar-refractivity contribution in [2.24, 2.45) is 58.2 Å². The van der Waals surface area contributed by atoms with Crippen LogP contribution in [-0.2, 0) is 9.59 Å². The highest BCUT2D eigenvalue weighted by Crippen LogP contribution is 2.75. The van der Waals surface area contributed by atoms with E-state index in [0.717, 1.165) is 24.2 Å². The summed E-state index contributed by atoms with van der Waals surface area (Å²) in [5, 5.41) is 0. The Balaban J connectivity index is 1.58. The number of rotatable bonds is 1. The van der Waals surface area contributed by atoms with Gasteiger partial charge in [0.25, 0.3) is 0 Å². The molecule has 0 spiro atoms. The molecule has 2 heteroatoms. The van der Waals surface area contributed by atoms with Crippen LogP contribution in [0.3, 0.4) is 0 Å². The minimum absolute atomic E-state index is 0.154. The number of hydrogen-bond acceptors (Lipinski definition) is 2. The number of hydrogen-bond donors (Lipinski definition) is 0. The maximum absolute atomic E-state index is 12.6. The minimum Gasteiger partial charge on any atom is -0.300 e. The molecular formula is C24H34O2. The van der Waals surface area contributed by atoms with E-state index in [1.165, 1.54) is 31.3 Å². The lowest BCUT2D eigenvalue weighted by Crippen LogP contribution is -2.55. The SMILES string of the molecule is CC(=O)[C@H]1CC[C@H]2[C@@H]3C4C[C@H]4C4=CC(=O)C(C)C(C)[C@@]4(C)[C@@H]3CC[C@]12C. The Morgan fingerprint density at radius 3 is 2.54 bits per heavy atom. The van der Waals surface area contributed by atoms with Crippen LogP contribution in [0.15, 0.2) is 11.6 Å². The van der Waals surface area contributed by atoms with E-state index in [1.807, 2.05) is 6.92 Å². The Morgan fingerprint density at radius 2 is 1.85 bits per heavy atom. The van der Waals surface area contributed by atoms with E-state index in [9.17, 15) is 9.59 Å². The van der Waals surface area contributed by atoms with Gasteiger partial charge in [-0.25, -0.2) is 0 Å². The Labute approximate surface area is 158 Å². The number of Topliss-reactive ketones (excluding diaryl/α,β-unsaturated/α-hetero) is 1. The third-order valence-corrected chi connectivity index (χ3v) is 10.4. The van der Waals surface area contributed by atoms with Crippen LogP contribution in [0.25, 0.3) is 0 Å². The second-order valence-electron chi connectivity index (χ2n) is 10.9. The number of ketones is 2. The molecule has 5 rings (SSSR count). The zero-order valence-electron chi connectivity index (χ0n) is 17.0. The van der Waals surface area contributed by atoms with Gasteiger partial charge in [0.05, 0.1) is 0 Å². The predicted molar refractivity (Wildman–Crippen MR) is 102 cm³/mol. The van der Waals surface area contributed by atoms with Gasteiger partial charge in [0, 0.05) is 11.8 Å². The van der Waals surface area contributed by atoms with Crippen LogP contribution in [0.1, 0.15) is 66.7 Å². The van der Waals surface area contributed by atoms with Crippen LogP contribution in [0, 0.1) is 58.2 Å². The molecule has 5 aliphatic carbocycles. The summed E-state index contributed by atoms with van der Waals surface area (Å²) in [5.74, 6) is 5.37. The molecule has 0 aliphatic heterocycles. The molecule has 26 heavy (non-hydrogen) atoms. The summed E-state index contributed by atoms with van der Waals surface area (Å²) in [6.07, 6.45) is 8.20. The van der Waals surface area contributed by atoms with Crippen LogP contribution >= 0.6 is 0 Å². The van der Waals surface area contributed by atoms with Crippen LogP contribution in [0.2, 0.25) is 0 Å². The minimum atomic E-state index is 0.154. The molecule has 0 heterocycles. The molecule has 4 fully saturated rings. The van der Waals surface area contributed by atoms with Crippen molar-refractivity contribution in [2.75, 3.05) is 0 Å². The highest BCUT2D eigenvalue weighted by molar-refractivity contribution is 5.94. The molecule has 0 saturated heterocycles. The summed E-state index contributed by atoms with van der Waals surface area (Å²) in [6.45, 7) is 11.3. The maximum Gasteiger partial charge on any atom is 0.158 e. The first-order valence-electron chi connectivity index (χ1n) is 11.0. The average Bonchev–Trinajstić information content (AvgIpc) is 3.29. The highest BCUT2D eigenvalue weighted by Gasteiger charge is 2.69. The van der Waals surface area contributed by atoms with Crippen molar-refractivity contribution >= 4 is 11.6 Å². The van der Waals surface area contributed by atoms with Crippen LogP contribution in [-0.4, -0.2) is 11.6 Å². The predicted octanol–water partition coefficient (Wildman–Crippen LogP) is 5.07. The van der Waals surface area contributed by atoms with Crippen molar-refractivity contribution in [1.29, 1.82) is 0 Å². The molecule has 4 saturated carbocycles. The van der Waals surface area contributed by atoms with Gasteiger partial charge in [0.2, 0.25) is 0 Å². The van der Waals surface area contributed by atoms with Crippen molar-refractivity contribution in [3.05, 3.63) is 11.6 Å². The maximum atomic E-state index is 12.6. The van der Waals surface area contributed by atoms with Gasteiger partial charge in [-0.2, -0.15) is 0 Å². The number of carbonyl (C=O) groups excluding carboxylic acids is 2. The standard InChI is InChI=1S/C24H34O2/c1-12-13(2)24(5)19-8-9-23(4)17(14(3)25)6-7-18(23)22(19)16-10-15(16)20(24)11-21(12)26/h11-13,15-19,22H,6-10H2,1-5H3/t12?,13?,15-,16?,17-,18+,19-,22+,23-,24+/m1/s1. The van der Waals surface area contributed by atoms with Crippen molar-refractivity contribution in [2.45, 2.75) is 66.7 Å². The summed E-state index contributed by atoms with van der Waals surface area (Å²) < 4.78 is 0. The molecule has 2 nitrogen and oxygen atoms in total. The molecule has 0 aromatic heterocycles. The van der Waals surface area contributed by atoms with Gasteiger partial charge in [-0.15, -0.1) is 0 Å². The first-order valence-corrected chi connectivity index (χ1v) is 11.0. The molecule has 0 aromatic carbocycles. The van der Waals surface area contributed by atoms with Gasteiger partial charge < -0.3 is 0 Å². The van der Waals surface area contributed by atoms with Crippen molar-refractivity contribution in [1.82, 2.24) is 0 Å². The van der Waals surface area contributed by atoms with Crippen molar-refractivity contribution in [3.63, 3.8) is 0 Å². The smallest absolute Gasteiger partial charge is 0.158 e. The fourth-order valence-corrected chi connectivity index (χ4v) is 8.68. The van der Waals surface area contributed by atoms with E-state index in [0.29, 0.717) is 35.2 Å². The van der Waals surface area contributed by atoms with Crippen LogP contribution in [0.4, 0.5) is 0 Å². The summed E-state index contributed by atoms with van der Waals surface area (Å²) in [7, 11) is 0. The normalized spacial score (nSPS) is 57.4. The first kappa shape index (κ1) is 17.2. The highest BCUT2D eigenvalue weighted by atomic mass is 16.1. The van der Waals surface area contributed by atoms with E-state index in [1.54, 1.807) is 0 Å². The fraction of sp³-hybridized carbons (Fsp3) is 0.833. The second kappa shape index (κ2) is 5.11. The number of allylic oxidation sites excluding steroid dienone is 1. The molecule has 5 aliphatic rings. The molecule has 142 valence electrons. The molecular weight excluding hydrogens is 320 g/mol. The zero-order chi connectivity index (χ0) is 18.6. The number of carbonyl (C=O) groups is 2. The van der Waals surface area contributed by atoms with Gasteiger partial charge >= 0.3 is 0 Å². The van der Waals surface area contributed by atoms with Gasteiger partial charge in [0.15, 0.2) is 5.78 Å². The van der Waals surface area contributed by atoms with E-state index < -0.39 is 0 Å². The monoisotopic (exact) mass is 354 g/mol. The third-order valence-electron chi connectivity index (χ3n) is 10.4. The lowest BCUT2D eigenvalue weighted by molar-refractivity contribution is -0.133. The van der Waals surface area contributed by atoms with Crippen LogP contribution < -0.4 is 0 Å². The largest absolute Gasteiger partial charge is 0.300 e. The molecule has 0 bridgehead atoms. The summed E-state index contributed by atoms with van der Waals surface area (Å²) >= 11 is 0. The van der Waals surface area contributed by atoms with Gasteiger partial charge in [-0.05, 0) is 91.4 Å². The molecule has 0 aromatic rings. The van der Waals surface area contributed by atoms with E-state index >= 15 is 0 Å². The lowest BCUT2D eigenvalue weighted by atomic mass is 9.44. The summed E-state index contributed by atoms with van der Waals surface area (Å²) in [6, 6.07) is 0. The first-order chi connectivity index (χ1) is 12.2. The summed E-state index contributed by atoms with van der Waals surface area (Å²) in [4.78, 5) is 24.9. The Hall–Kier alpha value is -0.920. The third kappa shape index (κ3) is 1.85. The summed E-state index contributed by atoms with van der Waals surface area (Å²) in [5.41, 5.74) is 1.95. The van der Waals surface area contributed by atoms with E-state index in [2.05, 4.69) is 33.8 Å². The second-order valence-corrected chi connectivity index (χ2v) is 10.9. The zero-order valence-corrected chi connectivity index (χ0v) is 17.0. The van der Waals surface area contributed by atoms with Crippen LogP contribution in [0.5, 0.6) is 0 Å². The molecule has 0 amide bonds. The quantitative estimate of drug-likeness (QED) is 0.659. The van der Waals surface area contributed by atoms with Crippen molar-refractivity contribution < 1.29 is 9.59 Å². The average molecular weight is 355 g/mol. The molecule has 0 radical (unpaired) electrons. The fourth-order valence-electron chi connectivity index (χ4n) is 8.68. The Kier molecular flexibility index (Phi) is 3.38. The van der Waals surface area contributed by atoms with Gasteiger partial charge in [0.1, 0.15) is 5.78 Å². The van der Waals surface area contributed by atoms with Gasteiger partial charge in [-0.3, -0.25) is 9.59 Å². The molecule has 3 unspecified atom stereocenters. The van der Waals surface area contributed by atoms with E-state index in [-0.39, 0.29) is 16.7 Å². The van der Waals surface area contributed by atoms with E-state index in [4.69, 9.17) is 0 Å². The lowest BCUT2D eigenvalue weighted by Gasteiger charge is -2.60. The Morgan fingerprint density at radius 1 is 1.12 bits per heavy atom. The van der Waals surface area contributed by atoms with Gasteiger partial charge in [-0.1, -0.05) is 33.3 Å². The topological polar surface area (TPSA) is 34.1 Å². The van der Waals surface area contributed by atoms with Crippen molar-refractivity contribution in [3.8, 4) is 0 Å². The molecule has 0 N–H and O–H groups in total.